The van der Waals surface area contributed by atoms with Crippen LogP contribution in [-0.2, 0) is 14.3 Å². The second kappa shape index (κ2) is 9.68. The molecule has 3 heterocycles. The van der Waals surface area contributed by atoms with Gasteiger partial charge < -0.3 is 10.1 Å². The molecule has 0 fully saturated rings. The summed E-state index contributed by atoms with van der Waals surface area (Å²) in [5.41, 5.74) is 2.57. The molecule has 11 nitrogen and oxygen atoms in total. The van der Waals surface area contributed by atoms with Crippen LogP contribution in [0.25, 0.3) is 5.95 Å². The summed E-state index contributed by atoms with van der Waals surface area (Å²) in [6.45, 7) is 8.17. The minimum Gasteiger partial charge on any atom is -0.454 e. The zero-order valence-electron chi connectivity index (χ0n) is 20.6. The van der Waals surface area contributed by atoms with E-state index in [1.54, 1.807) is 39.0 Å². The molecule has 2 aromatic heterocycles. The minimum atomic E-state index is -1.18. The number of anilines is 1. The van der Waals surface area contributed by atoms with Crippen LogP contribution in [-0.4, -0.2) is 61.0 Å². The van der Waals surface area contributed by atoms with Gasteiger partial charge in [0.15, 0.2) is 6.61 Å². The van der Waals surface area contributed by atoms with Crippen LogP contribution in [0.2, 0.25) is 0 Å². The summed E-state index contributed by atoms with van der Waals surface area (Å²) in [6.07, 6.45) is 0. The van der Waals surface area contributed by atoms with Crippen LogP contribution in [0.15, 0.2) is 36.4 Å². The Bertz CT molecular complexity index is 1320. The Hall–Kier alpha value is -4.41. The first kappa shape index (κ1) is 24.7. The number of amides is 3. The predicted octanol–water partition coefficient (Wildman–Crippen LogP) is 2.39. The average Bonchev–Trinajstić information content (AvgIpc) is 3.29. The summed E-state index contributed by atoms with van der Waals surface area (Å²) in [4.78, 5) is 60.9. The number of hydrogen-bond acceptors (Lipinski definition) is 8. The molecule has 1 aromatic carbocycles. The first-order valence-electron chi connectivity index (χ1n) is 11.4. The van der Waals surface area contributed by atoms with Crippen LogP contribution in [0, 0.1) is 26.7 Å². The summed E-state index contributed by atoms with van der Waals surface area (Å²) >= 11 is 0. The number of aryl methyl sites for hydroxylation is 3. The van der Waals surface area contributed by atoms with Crippen molar-refractivity contribution in [3.63, 3.8) is 0 Å². The largest absolute Gasteiger partial charge is 0.454 e. The van der Waals surface area contributed by atoms with E-state index >= 15 is 0 Å². The molecule has 0 unspecified atom stereocenters. The molecular weight excluding hydrogens is 464 g/mol. The second-order valence-electron chi connectivity index (χ2n) is 8.90. The van der Waals surface area contributed by atoms with E-state index in [-0.39, 0.29) is 11.1 Å². The molecule has 0 bridgehead atoms. The fraction of sp³-hybridized carbons (Fsp3) is 0.320. The number of nitrogens with zero attached hydrogens (tertiary/aromatic N) is 5. The number of rotatable bonds is 7. The van der Waals surface area contributed by atoms with E-state index in [0.29, 0.717) is 17.5 Å². The van der Waals surface area contributed by atoms with E-state index in [0.717, 1.165) is 16.3 Å². The summed E-state index contributed by atoms with van der Waals surface area (Å²) < 4.78 is 6.63. The first-order valence-corrected chi connectivity index (χ1v) is 11.4. The van der Waals surface area contributed by atoms with Gasteiger partial charge in [0.1, 0.15) is 11.9 Å². The van der Waals surface area contributed by atoms with Crippen molar-refractivity contribution in [2.45, 2.75) is 40.7 Å². The van der Waals surface area contributed by atoms with Gasteiger partial charge in [0, 0.05) is 17.5 Å². The van der Waals surface area contributed by atoms with E-state index in [1.807, 2.05) is 19.9 Å². The smallest absolute Gasteiger partial charge is 0.330 e. The molecule has 0 saturated carbocycles. The Kier molecular flexibility index (Phi) is 6.65. The number of hydrogen-bond donors (Lipinski definition) is 1. The van der Waals surface area contributed by atoms with E-state index in [4.69, 9.17) is 4.74 Å². The SMILES string of the molecule is Cc1cc(C)nc(-n2nc(C)cc2NC(=O)COC(=O)[C@H](C(C)C)N2C(=O)c3ccccc3C2=O)n1. The van der Waals surface area contributed by atoms with Crippen molar-refractivity contribution < 1.29 is 23.9 Å². The van der Waals surface area contributed by atoms with Crippen LogP contribution in [0.5, 0.6) is 0 Å². The van der Waals surface area contributed by atoms with Gasteiger partial charge in [-0.2, -0.15) is 9.78 Å². The molecule has 0 radical (unpaired) electrons. The number of benzene rings is 1. The molecule has 3 aromatic rings. The molecule has 0 spiro atoms. The molecule has 0 saturated heterocycles. The summed E-state index contributed by atoms with van der Waals surface area (Å²) in [5.74, 6) is -2.45. The quantitative estimate of drug-likeness (QED) is 0.394. The Labute approximate surface area is 207 Å². The lowest BCUT2D eigenvalue weighted by Crippen LogP contribution is -2.49. The number of nitrogens with one attached hydrogen (secondary N) is 1. The van der Waals surface area contributed by atoms with E-state index < -0.39 is 42.3 Å². The van der Waals surface area contributed by atoms with Crippen LogP contribution in [0.3, 0.4) is 0 Å². The van der Waals surface area contributed by atoms with Gasteiger partial charge in [-0.3, -0.25) is 19.3 Å². The Balaban J connectivity index is 1.46. The molecular formula is C25H26N6O5. The van der Waals surface area contributed by atoms with Crippen molar-refractivity contribution in [2.75, 3.05) is 11.9 Å². The molecule has 3 amide bonds. The highest BCUT2D eigenvalue weighted by Crippen LogP contribution is 2.27. The van der Waals surface area contributed by atoms with E-state index in [9.17, 15) is 19.2 Å². The molecule has 0 aliphatic carbocycles. The lowest BCUT2D eigenvalue weighted by Gasteiger charge is -2.27. The highest BCUT2D eigenvalue weighted by Gasteiger charge is 2.44. The number of carbonyl (C=O) groups excluding carboxylic acids is 4. The van der Waals surface area contributed by atoms with Gasteiger partial charge in [-0.25, -0.2) is 14.8 Å². The van der Waals surface area contributed by atoms with Crippen LogP contribution in [0.1, 0.15) is 51.6 Å². The zero-order valence-corrected chi connectivity index (χ0v) is 20.6. The molecule has 36 heavy (non-hydrogen) atoms. The Morgan fingerprint density at radius 3 is 2.08 bits per heavy atom. The van der Waals surface area contributed by atoms with Gasteiger partial charge in [0.05, 0.1) is 16.8 Å². The van der Waals surface area contributed by atoms with E-state index in [2.05, 4.69) is 20.4 Å². The maximum absolute atomic E-state index is 13.0. The third-order valence-corrected chi connectivity index (χ3v) is 5.58. The Morgan fingerprint density at radius 2 is 1.53 bits per heavy atom. The molecule has 4 rings (SSSR count). The summed E-state index contributed by atoms with van der Waals surface area (Å²) in [5, 5.41) is 6.99. The van der Waals surface area contributed by atoms with Crippen LogP contribution in [0.4, 0.5) is 5.82 Å². The van der Waals surface area contributed by atoms with Gasteiger partial charge >= 0.3 is 5.97 Å². The summed E-state index contributed by atoms with van der Waals surface area (Å²) in [6, 6.07) is 8.65. The van der Waals surface area contributed by atoms with Crippen molar-refractivity contribution in [1.82, 2.24) is 24.6 Å². The first-order chi connectivity index (χ1) is 17.1. The highest BCUT2D eigenvalue weighted by atomic mass is 16.5. The Morgan fingerprint density at radius 1 is 0.944 bits per heavy atom. The van der Waals surface area contributed by atoms with Crippen LogP contribution >= 0.6 is 0 Å². The fourth-order valence-corrected chi connectivity index (χ4v) is 4.08. The monoisotopic (exact) mass is 490 g/mol. The molecule has 11 heteroatoms. The molecule has 186 valence electrons. The number of ether oxygens (including phenoxy) is 1. The molecule has 1 aliphatic rings. The number of aromatic nitrogens is 4. The van der Waals surface area contributed by atoms with Gasteiger partial charge in [-0.15, -0.1) is 0 Å². The van der Waals surface area contributed by atoms with Crippen LogP contribution < -0.4 is 5.32 Å². The lowest BCUT2D eigenvalue weighted by atomic mass is 10.0. The zero-order chi connectivity index (χ0) is 26.1. The van der Waals surface area contributed by atoms with Crippen molar-refractivity contribution in [3.8, 4) is 5.95 Å². The minimum absolute atomic E-state index is 0.232. The number of fused-ring (bicyclic) bond motifs is 1. The standard InChI is InChI=1S/C25H26N6O5/c1-13(2)21(30-22(33)17-8-6-7-9-18(17)23(30)34)24(35)36-12-20(32)28-19-11-16(5)29-31(19)25-26-14(3)10-15(4)27-25/h6-11,13,21H,12H2,1-5H3,(H,28,32)/t21-/m0/s1. The van der Waals surface area contributed by atoms with Gasteiger partial charge in [0.25, 0.3) is 23.7 Å². The third kappa shape index (κ3) is 4.72. The fourth-order valence-electron chi connectivity index (χ4n) is 4.08. The van der Waals surface area contributed by atoms with Crippen molar-refractivity contribution in [2.24, 2.45) is 5.92 Å². The van der Waals surface area contributed by atoms with Crippen molar-refractivity contribution in [3.05, 3.63) is 64.6 Å². The number of carbonyl (C=O) groups is 4. The highest BCUT2D eigenvalue weighted by molar-refractivity contribution is 6.22. The molecule has 1 N–H and O–H groups in total. The van der Waals surface area contributed by atoms with Gasteiger partial charge in [0.2, 0.25) is 0 Å². The predicted molar refractivity (Wildman–Crippen MR) is 129 cm³/mol. The van der Waals surface area contributed by atoms with E-state index in [1.165, 1.54) is 16.8 Å². The number of imide groups is 1. The normalized spacial score (nSPS) is 13.7. The molecule has 1 atom stereocenters. The topological polar surface area (TPSA) is 136 Å². The molecule has 1 aliphatic heterocycles. The maximum Gasteiger partial charge on any atom is 0.330 e. The summed E-state index contributed by atoms with van der Waals surface area (Å²) in [7, 11) is 0. The third-order valence-electron chi connectivity index (χ3n) is 5.58. The van der Waals surface area contributed by atoms with Gasteiger partial charge in [-0.1, -0.05) is 26.0 Å². The van der Waals surface area contributed by atoms with Crippen molar-refractivity contribution in [1.29, 1.82) is 0 Å². The average molecular weight is 491 g/mol. The number of esters is 1. The van der Waals surface area contributed by atoms with Gasteiger partial charge in [-0.05, 0) is 44.9 Å². The van der Waals surface area contributed by atoms with Crippen molar-refractivity contribution >= 4 is 29.5 Å². The maximum atomic E-state index is 13.0. The second-order valence-corrected chi connectivity index (χ2v) is 8.90. The lowest BCUT2D eigenvalue weighted by molar-refractivity contribution is -0.152.